The SMILES string of the molecule is COC(=O)C12CC(C=N)=C(Nc3ccc(F)cc3)C=C1CCN(Sc1ccnn1C)C2. The highest BCUT2D eigenvalue weighted by molar-refractivity contribution is 7.97. The molecule has 1 fully saturated rings. The summed E-state index contributed by atoms with van der Waals surface area (Å²) in [6.07, 6.45) is 6.03. The smallest absolute Gasteiger partial charge is 0.317 e. The van der Waals surface area contributed by atoms with Crippen molar-refractivity contribution in [1.82, 2.24) is 14.1 Å². The van der Waals surface area contributed by atoms with E-state index in [1.807, 2.05) is 19.2 Å². The molecule has 1 aliphatic heterocycles. The van der Waals surface area contributed by atoms with Gasteiger partial charge < -0.3 is 15.5 Å². The number of piperidine rings is 1. The molecule has 0 amide bonds. The van der Waals surface area contributed by atoms with Crippen LogP contribution >= 0.6 is 11.9 Å². The maximum absolute atomic E-state index is 13.3. The number of anilines is 1. The lowest BCUT2D eigenvalue weighted by molar-refractivity contribution is -0.151. The lowest BCUT2D eigenvalue weighted by atomic mass is 9.68. The average Bonchev–Trinajstić information content (AvgIpc) is 3.18. The first-order valence-corrected chi connectivity index (χ1v) is 10.7. The molecule has 4 rings (SSSR count). The van der Waals surface area contributed by atoms with Gasteiger partial charge in [0.2, 0.25) is 0 Å². The zero-order valence-electron chi connectivity index (χ0n) is 17.4. The summed E-state index contributed by atoms with van der Waals surface area (Å²) in [4.78, 5) is 13.0. The first-order chi connectivity index (χ1) is 14.9. The van der Waals surface area contributed by atoms with Gasteiger partial charge in [-0.05, 0) is 72.3 Å². The van der Waals surface area contributed by atoms with Crippen LogP contribution in [0.3, 0.4) is 0 Å². The Morgan fingerprint density at radius 3 is 2.77 bits per heavy atom. The molecule has 0 spiro atoms. The molecule has 2 aromatic rings. The highest BCUT2D eigenvalue weighted by Gasteiger charge is 2.49. The fourth-order valence-electron chi connectivity index (χ4n) is 4.09. The zero-order chi connectivity index (χ0) is 22.0. The molecule has 162 valence electrons. The topological polar surface area (TPSA) is 83.2 Å². The molecule has 0 bridgehead atoms. The summed E-state index contributed by atoms with van der Waals surface area (Å²) in [5, 5.41) is 16.4. The highest BCUT2D eigenvalue weighted by atomic mass is 32.2. The third-order valence-electron chi connectivity index (χ3n) is 5.72. The second-order valence-corrected chi connectivity index (χ2v) is 8.75. The minimum atomic E-state index is -0.848. The minimum absolute atomic E-state index is 0.297. The molecule has 0 radical (unpaired) electrons. The van der Waals surface area contributed by atoms with Gasteiger partial charge in [0.25, 0.3) is 0 Å². The summed E-state index contributed by atoms with van der Waals surface area (Å²) in [5.74, 6) is -0.606. The predicted octanol–water partition coefficient (Wildman–Crippen LogP) is 3.78. The third kappa shape index (κ3) is 4.15. The first-order valence-electron chi connectivity index (χ1n) is 9.92. The van der Waals surface area contributed by atoms with Crippen LogP contribution in [0.4, 0.5) is 10.1 Å². The molecule has 1 unspecified atom stereocenters. The van der Waals surface area contributed by atoms with Gasteiger partial charge in [-0.3, -0.25) is 9.48 Å². The molecule has 1 atom stereocenters. The van der Waals surface area contributed by atoms with Gasteiger partial charge in [-0.15, -0.1) is 0 Å². The molecular formula is C22H24FN5O2S. The summed E-state index contributed by atoms with van der Waals surface area (Å²) in [6.45, 7) is 1.24. The van der Waals surface area contributed by atoms with Crippen LogP contribution in [0.2, 0.25) is 0 Å². The number of nitrogens with one attached hydrogen (secondary N) is 2. The van der Waals surface area contributed by atoms with Crippen LogP contribution < -0.4 is 5.32 Å². The summed E-state index contributed by atoms with van der Waals surface area (Å²) in [6, 6.07) is 8.01. The number of aromatic nitrogens is 2. The molecule has 1 aliphatic carbocycles. The summed E-state index contributed by atoms with van der Waals surface area (Å²) < 4.78 is 22.4. The van der Waals surface area contributed by atoms with E-state index < -0.39 is 5.41 Å². The van der Waals surface area contributed by atoms with E-state index in [1.54, 1.807) is 35.0 Å². The van der Waals surface area contributed by atoms with Crippen LogP contribution in [0.1, 0.15) is 12.8 Å². The number of ether oxygens (including phenoxy) is 1. The Balaban J connectivity index is 1.63. The van der Waals surface area contributed by atoms with Gasteiger partial charge in [0.15, 0.2) is 0 Å². The van der Waals surface area contributed by atoms with Crippen LogP contribution in [0.25, 0.3) is 0 Å². The number of benzene rings is 1. The number of halogens is 1. The monoisotopic (exact) mass is 441 g/mol. The molecule has 2 N–H and O–H groups in total. The number of fused-ring (bicyclic) bond motifs is 1. The summed E-state index contributed by atoms with van der Waals surface area (Å²) in [5.41, 5.74) is 2.31. The molecule has 7 nitrogen and oxygen atoms in total. The zero-order valence-corrected chi connectivity index (χ0v) is 18.2. The van der Waals surface area contributed by atoms with Crippen molar-refractivity contribution in [2.24, 2.45) is 12.5 Å². The molecule has 1 aromatic carbocycles. The molecule has 2 heterocycles. The van der Waals surface area contributed by atoms with Gasteiger partial charge in [0, 0.05) is 37.7 Å². The van der Waals surface area contributed by atoms with Crippen molar-refractivity contribution in [2.75, 3.05) is 25.5 Å². The number of carbonyl (C=O) groups is 1. The van der Waals surface area contributed by atoms with Crippen LogP contribution in [0, 0.1) is 16.6 Å². The molecule has 1 saturated heterocycles. The first kappa shape index (κ1) is 21.3. The van der Waals surface area contributed by atoms with Gasteiger partial charge in [-0.2, -0.15) is 5.10 Å². The van der Waals surface area contributed by atoms with Crippen LogP contribution in [-0.2, 0) is 16.6 Å². The molecule has 1 aromatic heterocycles. The second-order valence-electron chi connectivity index (χ2n) is 7.63. The van der Waals surface area contributed by atoms with Crippen molar-refractivity contribution >= 4 is 29.8 Å². The normalized spacial score (nSPS) is 21.3. The number of hydrogen-bond donors (Lipinski definition) is 2. The van der Waals surface area contributed by atoms with Gasteiger partial charge in [-0.25, -0.2) is 8.70 Å². The number of rotatable bonds is 6. The van der Waals surface area contributed by atoms with Crippen molar-refractivity contribution in [3.8, 4) is 0 Å². The van der Waals surface area contributed by atoms with E-state index in [-0.39, 0.29) is 11.8 Å². The Kier molecular flexibility index (Phi) is 5.97. The van der Waals surface area contributed by atoms with E-state index in [9.17, 15) is 9.18 Å². The fraction of sp³-hybridized carbons (Fsp3) is 0.318. The number of allylic oxidation sites excluding steroid dienone is 2. The Morgan fingerprint density at radius 2 is 2.13 bits per heavy atom. The van der Waals surface area contributed by atoms with Gasteiger partial charge in [-0.1, -0.05) is 0 Å². The van der Waals surface area contributed by atoms with E-state index >= 15 is 0 Å². The van der Waals surface area contributed by atoms with E-state index in [2.05, 4.69) is 14.7 Å². The van der Waals surface area contributed by atoms with Crippen molar-refractivity contribution in [1.29, 1.82) is 5.41 Å². The number of hydrogen-bond acceptors (Lipinski definition) is 7. The van der Waals surface area contributed by atoms with Gasteiger partial charge in [0.1, 0.15) is 16.3 Å². The van der Waals surface area contributed by atoms with Crippen LogP contribution in [-0.4, -0.2) is 46.5 Å². The Morgan fingerprint density at radius 1 is 1.35 bits per heavy atom. The Hall–Kier alpha value is -2.91. The molecular weight excluding hydrogens is 417 g/mol. The Labute approximate surface area is 184 Å². The maximum atomic E-state index is 13.3. The van der Waals surface area contributed by atoms with Gasteiger partial charge >= 0.3 is 5.97 Å². The number of nitrogens with zero attached hydrogens (tertiary/aromatic N) is 3. The molecule has 2 aliphatic rings. The second kappa shape index (κ2) is 8.68. The fourth-order valence-corrected chi connectivity index (χ4v) is 5.11. The average molecular weight is 442 g/mol. The van der Waals surface area contributed by atoms with Crippen molar-refractivity contribution < 1.29 is 13.9 Å². The van der Waals surface area contributed by atoms with Crippen molar-refractivity contribution in [3.05, 3.63) is 65.3 Å². The number of methoxy groups -OCH3 is 1. The van der Waals surface area contributed by atoms with Crippen LogP contribution in [0.15, 0.2) is 64.5 Å². The maximum Gasteiger partial charge on any atom is 0.317 e. The van der Waals surface area contributed by atoms with E-state index in [0.29, 0.717) is 25.0 Å². The Bertz CT molecular complexity index is 1060. The van der Waals surface area contributed by atoms with Gasteiger partial charge in [0.05, 0.1) is 13.3 Å². The van der Waals surface area contributed by atoms with E-state index in [1.165, 1.54) is 25.5 Å². The molecule has 31 heavy (non-hydrogen) atoms. The third-order valence-corrected chi connectivity index (χ3v) is 6.88. The summed E-state index contributed by atoms with van der Waals surface area (Å²) >= 11 is 1.57. The van der Waals surface area contributed by atoms with E-state index in [0.717, 1.165) is 28.5 Å². The van der Waals surface area contributed by atoms with Crippen molar-refractivity contribution in [2.45, 2.75) is 17.9 Å². The van der Waals surface area contributed by atoms with Crippen molar-refractivity contribution in [3.63, 3.8) is 0 Å². The molecule has 9 heteroatoms. The molecule has 0 saturated carbocycles. The number of aryl methyl sites for hydroxylation is 1. The largest absolute Gasteiger partial charge is 0.468 e. The lowest BCUT2D eigenvalue weighted by Gasteiger charge is -2.44. The summed E-state index contributed by atoms with van der Waals surface area (Å²) in [7, 11) is 3.29. The lowest BCUT2D eigenvalue weighted by Crippen LogP contribution is -2.49. The standard InChI is InChI=1S/C22H24FN5O2S/c1-27-20(7-9-25-27)31-28-10-8-16-11-19(26-18-5-3-17(23)4-6-18)15(13-24)12-22(16,14-28)21(29)30-2/h3-7,9,11,13,24,26H,8,10,12,14H2,1-2H3. The predicted molar refractivity (Wildman–Crippen MR) is 118 cm³/mol. The number of carbonyl (C=O) groups excluding carboxylic acids is 1. The highest BCUT2D eigenvalue weighted by Crippen LogP contribution is 2.47. The quantitative estimate of drug-likeness (QED) is 0.403. The number of esters is 1. The van der Waals surface area contributed by atoms with Crippen LogP contribution in [0.5, 0.6) is 0 Å². The minimum Gasteiger partial charge on any atom is -0.468 e. The van der Waals surface area contributed by atoms with E-state index in [4.69, 9.17) is 10.1 Å².